The molecule has 1 aliphatic heterocycles. The first-order valence-electron chi connectivity index (χ1n) is 7.61. The van der Waals surface area contributed by atoms with Crippen LogP contribution in [0.3, 0.4) is 0 Å². The van der Waals surface area contributed by atoms with Gasteiger partial charge in [-0.3, -0.25) is 4.31 Å². The van der Waals surface area contributed by atoms with Crippen molar-refractivity contribution in [1.29, 1.82) is 0 Å². The molecule has 0 N–H and O–H groups in total. The number of allylic oxidation sites excluding steroid dienone is 3. The molecule has 0 saturated carbocycles. The first kappa shape index (κ1) is 17.6. The molecule has 2 rings (SSSR count). The molecule has 0 spiro atoms. The molecule has 1 aromatic carbocycles. The lowest BCUT2D eigenvalue weighted by Crippen LogP contribution is -2.20. The van der Waals surface area contributed by atoms with Crippen molar-refractivity contribution in [1.82, 2.24) is 4.31 Å². The van der Waals surface area contributed by atoms with Crippen molar-refractivity contribution in [2.45, 2.75) is 27.2 Å². The molecule has 0 radical (unpaired) electrons. The lowest BCUT2D eigenvalue weighted by molar-refractivity contribution is 0.599. The van der Waals surface area contributed by atoms with Crippen molar-refractivity contribution in [2.24, 2.45) is 10.9 Å². The SMILES string of the molecule is CC1=C(N(C)S(C)=O)N=C(C(C)C)C=C(c2ccc(F)cc2)C1. The van der Waals surface area contributed by atoms with Gasteiger partial charge in [-0.2, -0.15) is 0 Å². The van der Waals surface area contributed by atoms with Crippen LogP contribution in [0.1, 0.15) is 32.8 Å². The van der Waals surface area contributed by atoms with Gasteiger partial charge in [0.25, 0.3) is 0 Å². The van der Waals surface area contributed by atoms with Gasteiger partial charge in [0.2, 0.25) is 0 Å². The summed E-state index contributed by atoms with van der Waals surface area (Å²) in [4.78, 5) is 4.75. The lowest BCUT2D eigenvalue weighted by atomic mass is 9.96. The summed E-state index contributed by atoms with van der Waals surface area (Å²) in [7, 11) is 0.663. The van der Waals surface area contributed by atoms with Gasteiger partial charge in [0.05, 0.1) is 0 Å². The van der Waals surface area contributed by atoms with E-state index in [-0.39, 0.29) is 11.7 Å². The molecular weight excluding hydrogens is 311 g/mol. The van der Waals surface area contributed by atoms with E-state index in [0.29, 0.717) is 6.42 Å². The predicted octanol–water partition coefficient (Wildman–Crippen LogP) is 4.17. The minimum Gasteiger partial charge on any atom is -0.279 e. The molecular formula is C18H23FN2OS. The highest BCUT2D eigenvalue weighted by atomic mass is 32.2. The summed E-state index contributed by atoms with van der Waals surface area (Å²) in [5, 5.41) is 0. The summed E-state index contributed by atoms with van der Waals surface area (Å²) in [5.41, 5.74) is 4.07. The van der Waals surface area contributed by atoms with E-state index in [2.05, 4.69) is 19.9 Å². The molecule has 1 unspecified atom stereocenters. The van der Waals surface area contributed by atoms with Crippen LogP contribution in [0.5, 0.6) is 0 Å². The number of nitrogens with zero attached hydrogens (tertiary/aromatic N) is 2. The summed E-state index contributed by atoms with van der Waals surface area (Å²) in [6.07, 6.45) is 4.41. The Morgan fingerprint density at radius 2 is 1.87 bits per heavy atom. The zero-order chi connectivity index (χ0) is 17.1. The van der Waals surface area contributed by atoms with Gasteiger partial charge in [-0.25, -0.2) is 13.6 Å². The molecule has 0 fully saturated rings. The van der Waals surface area contributed by atoms with Gasteiger partial charge in [-0.15, -0.1) is 0 Å². The number of halogens is 1. The van der Waals surface area contributed by atoms with Crippen molar-refractivity contribution >= 4 is 22.3 Å². The van der Waals surface area contributed by atoms with Crippen LogP contribution in [-0.4, -0.2) is 27.5 Å². The van der Waals surface area contributed by atoms with E-state index in [1.807, 2.05) is 6.92 Å². The zero-order valence-corrected chi connectivity index (χ0v) is 15.1. The Morgan fingerprint density at radius 1 is 1.26 bits per heavy atom. The molecule has 0 bridgehead atoms. The van der Waals surface area contributed by atoms with Gasteiger partial charge < -0.3 is 0 Å². The normalized spacial score (nSPS) is 16.8. The third-order valence-electron chi connectivity index (χ3n) is 3.88. The van der Waals surface area contributed by atoms with E-state index in [0.717, 1.165) is 28.2 Å². The Bertz CT molecular complexity index is 702. The fourth-order valence-corrected chi connectivity index (χ4v) is 2.89. The summed E-state index contributed by atoms with van der Waals surface area (Å²) < 4.78 is 26.7. The quantitative estimate of drug-likeness (QED) is 0.813. The highest BCUT2D eigenvalue weighted by molar-refractivity contribution is 7.81. The van der Waals surface area contributed by atoms with Gasteiger partial charge >= 0.3 is 0 Å². The van der Waals surface area contributed by atoms with Crippen molar-refractivity contribution < 1.29 is 8.60 Å². The minimum absolute atomic E-state index is 0.241. The molecule has 23 heavy (non-hydrogen) atoms. The molecule has 0 aromatic heterocycles. The third kappa shape index (κ3) is 4.16. The van der Waals surface area contributed by atoms with E-state index in [9.17, 15) is 8.60 Å². The van der Waals surface area contributed by atoms with Crippen molar-refractivity contribution in [3.63, 3.8) is 0 Å². The molecule has 0 amide bonds. The molecule has 3 nitrogen and oxygen atoms in total. The Labute approximate surface area is 140 Å². The summed E-state index contributed by atoms with van der Waals surface area (Å²) in [6.45, 7) is 6.17. The average Bonchev–Trinajstić information content (AvgIpc) is 2.66. The summed E-state index contributed by atoms with van der Waals surface area (Å²) >= 11 is 0. The maximum Gasteiger partial charge on any atom is 0.139 e. The smallest absolute Gasteiger partial charge is 0.139 e. The second-order valence-electron chi connectivity index (χ2n) is 6.07. The maximum atomic E-state index is 13.2. The topological polar surface area (TPSA) is 32.7 Å². The predicted molar refractivity (Wildman–Crippen MR) is 95.8 cm³/mol. The first-order valence-corrected chi connectivity index (χ1v) is 9.13. The van der Waals surface area contributed by atoms with Gasteiger partial charge in [-0.05, 0) is 54.2 Å². The van der Waals surface area contributed by atoms with Crippen LogP contribution in [0, 0.1) is 11.7 Å². The van der Waals surface area contributed by atoms with Gasteiger partial charge in [-0.1, -0.05) is 26.0 Å². The number of hydrogen-bond donors (Lipinski definition) is 0. The van der Waals surface area contributed by atoms with E-state index >= 15 is 0 Å². The van der Waals surface area contributed by atoms with Crippen LogP contribution in [0.4, 0.5) is 4.39 Å². The number of hydrogen-bond acceptors (Lipinski definition) is 2. The molecule has 1 aliphatic rings. The summed E-state index contributed by atoms with van der Waals surface area (Å²) in [5.74, 6) is 0.753. The van der Waals surface area contributed by atoms with Gasteiger partial charge in [0, 0.05) is 19.0 Å². The monoisotopic (exact) mass is 334 g/mol. The van der Waals surface area contributed by atoms with Crippen molar-refractivity contribution in [3.8, 4) is 0 Å². The molecule has 124 valence electrons. The largest absolute Gasteiger partial charge is 0.279 e. The second-order valence-corrected chi connectivity index (χ2v) is 7.47. The molecule has 1 heterocycles. The van der Waals surface area contributed by atoms with Gasteiger partial charge in [0.1, 0.15) is 22.6 Å². The molecule has 5 heteroatoms. The molecule has 1 atom stereocenters. The van der Waals surface area contributed by atoms with Crippen LogP contribution >= 0.6 is 0 Å². The van der Waals surface area contributed by atoms with E-state index in [1.165, 1.54) is 12.1 Å². The van der Waals surface area contributed by atoms with E-state index < -0.39 is 11.0 Å². The fourth-order valence-electron chi connectivity index (χ4n) is 2.45. The van der Waals surface area contributed by atoms with Crippen LogP contribution in [0.25, 0.3) is 5.57 Å². The number of aliphatic imine (C=N–C) groups is 1. The highest BCUT2D eigenvalue weighted by Gasteiger charge is 2.18. The fraction of sp³-hybridized carbons (Fsp3) is 0.389. The van der Waals surface area contributed by atoms with E-state index in [4.69, 9.17) is 4.99 Å². The second kappa shape index (κ2) is 7.21. The number of rotatable bonds is 4. The van der Waals surface area contributed by atoms with Crippen LogP contribution in [0.15, 0.2) is 46.7 Å². The third-order valence-corrected chi connectivity index (χ3v) is 4.83. The Hall–Kier alpha value is -1.75. The minimum atomic E-state index is -1.13. The Morgan fingerprint density at radius 3 is 2.39 bits per heavy atom. The van der Waals surface area contributed by atoms with Gasteiger partial charge in [0.15, 0.2) is 0 Å². The lowest BCUT2D eigenvalue weighted by Gasteiger charge is -2.19. The highest BCUT2D eigenvalue weighted by Crippen LogP contribution is 2.30. The van der Waals surface area contributed by atoms with Crippen molar-refractivity contribution in [3.05, 3.63) is 53.1 Å². The molecule has 0 aliphatic carbocycles. The van der Waals surface area contributed by atoms with Crippen LogP contribution in [0.2, 0.25) is 0 Å². The Kier molecular flexibility index (Phi) is 5.52. The first-order chi connectivity index (χ1) is 10.8. The standard InChI is InChI=1S/C18H23FN2OS/c1-12(2)17-11-15(14-6-8-16(19)9-7-14)10-13(3)18(20-17)21(4)23(5)22/h6-9,11-12H,10H2,1-5H3. The van der Waals surface area contributed by atoms with E-state index in [1.54, 1.807) is 29.7 Å². The van der Waals surface area contributed by atoms with Crippen molar-refractivity contribution in [2.75, 3.05) is 13.3 Å². The van der Waals surface area contributed by atoms with Crippen LogP contribution in [-0.2, 0) is 11.0 Å². The number of benzene rings is 1. The van der Waals surface area contributed by atoms with Crippen LogP contribution < -0.4 is 0 Å². The Balaban J connectivity index is 2.51. The molecule has 0 saturated heterocycles. The maximum absolute atomic E-state index is 13.2. The average molecular weight is 334 g/mol. The molecule has 1 aromatic rings. The summed E-state index contributed by atoms with van der Waals surface area (Å²) in [6, 6.07) is 6.53. The zero-order valence-electron chi connectivity index (χ0n) is 14.3.